The largest absolute Gasteiger partial charge is 0.329 e. The lowest BCUT2D eigenvalue weighted by Crippen LogP contribution is -2.09. The lowest BCUT2D eigenvalue weighted by Gasteiger charge is -2.12. The maximum atomic E-state index is 5.88. The smallest absolute Gasteiger partial charge is 0.151 e. The fourth-order valence-corrected chi connectivity index (χ4v) is 4.14. The zero-order valence-corrected chi connectivity index (χ0v) is 11.8. The Morgan fingerprint density at radius 2 is 1.95 bits per heavy atom. The number of hydrogen-bond acceptors (Lipinski definition) is 5. The summed E-state index contributed by atoms with van der Waals surface area (Å²) in [4.78, 5) is 8.68. The Bertz CT molecular complexity index is 634. The van der Waals surface area contributed by atoms with Crippen molar-refractivity contribution in [2.24, 2.45) is 5.73 Å². The van der Waals surface area contributed by atoms with E-state index in [9.17, 15) is 0 Å². The number of para-hydroxylation sites is 1. The number of rotatable bonds is 4. The van der Waals surface area contributed by atoms with Gasteiger partial charge in [-0.15, -0.1) is 11.3 Å². The number of thioether (sulfide) groups is 1. The molecule has 1 atom stereocenters. The molecule has 0 bridgehead atoms. The van der Waals surface area contributed by atoms with E-state index in [2.05, 4.69) is 16.0 Å². The minimum atomic E-state index is 0.226. The monoisotopic (exact) mass is 287 g/mol. The van der Waals surface area contributed by atoms with E-state index in [0.29, 0.717) is 6.54 Å². The molecule has 96 valence electrons. The van der Waals surface area contributed by atoms with Gasteiger partial charge in [-0.1, -0.05) is 23.9 Å². The van der Waals surface area contributed by atoms with Gasteiger partial charge in [0.05, 0.1) is 10.2 Å². The first-order valence-corrected chi connectivity index (χ1v) is 7.68. The van der Waals surface area contributed by atoms with Gasteiger partial charge in [-0.2, -0.15) is 0 Å². The summed E-state index contributed by atoms with van der Waals surface area (Å²) in [6.45, 7) is 0.588. The molecule has 0 radical (unpaired) electrons. The number of fused-ring (bicyclic) bond motifs is 1. The summed E-state index contributed by atoms with van der Waals surface area (Å²) in [6.07, 6.45) is 3.60. The average molecular weight is 287 g/mol. The number of nitrogens with zero attached hydrogens (tertiary/aromatic N) is 2. The van der Waals surface area contributed by atoms with E-state index in [1.54, 1.807) is 35.5 Å². The Morgan fingerprint density at radius 3 is 2.68 bits per heavy atom. The zero-order chi connectivity index (χ0) is 13.1. The molecule has 0 saturated carbocycles. The Morgan fingerprint density at radius 1 is 1.16 bits per heavy atom. The van der Waals surface area contributed by atoms with Crippen molar-refractivity contribution in [3.63, 3.8) is 0 Å². The van der Waals surface area contributed by atoms with Crippen LogP contribution in [0.3, 0.4) is 0 Å². The van der Waals surface area contributed by atoms with E-state index in [1.807, 2.05) is 30.3 Å². The Kier molecular flexibility index (Phi) is 3.77. The first-order chi connectivity index (χ1) is 9.36. The first kappa shape index (κ1) is 12.6. The van der Waals surface area contributed by atoms with Crippen LogP contribution < -0.4 is 5.73 Å². The van der Waals surface area contributed by atoms with Gasteiger partial charge in [0.15, 0.2) is 4.34 Å². The molecule has 2 heterocycles. The van der Waals surface area contributed by atoms with Crippen LogP contribution in [0.5, 0.6) is 0 Å². The summed E-state index contributed by atoms with van der Waals surface area (Å²) in [5, 5.41) is 0.226. The summed E-state index contributed by atoms with van der Waals surface area (Å²) in [7, 11) is 0. The van der Waals surface area contributed by atoms with Crippen molar-refractivity contribution < 1.29 is 0 Å². The lowest BCUT2D eigenvalue weighted by molar-refractivity contribution is 0.936. The highest BCUT2D eigenvalue weighted by molar-refractivity contribution is 8.01. The molecule has 0 aliphatic heterocycles. The van der Waals surface area contributed by atoms with Gasteiger partial charge < -0.3 is 5.73 Å². The van der Waals surface area contributed by atoms with Gasteiger partial charge in [0, 0.05) is 24.2 Å². The Balaban J connectivity index is 1.86. The van der Waals surface area contributed by atoms with Crippen LogP contribution in [0.25, 0.3) is 10.2 Å². The van der Waals surface area contributed by atoms with Crippen molar-refractivity contribution in [1.29, 1.82) is 0 Å². The second kappa shape index (κ2) is 5.69. The van der Waals surface area contributed by atoms with Gasteiger partial charge in [0.1, 0.15) is 0 Å². The predicted molar refractivity (Wildman–Crippen MR) is 81.5 cm³/mol. The molecule has 2 aromatic heterocycles. The number of hydrogen-bond donors (Lipinski definition) is 1. The summed E-state index contributed by atoms with van der Waals surface area (Å²) >= 11 is 3.44. The number of nitrogens with two attached hydrogens (primary N) is 1. The minimum Gasteiger partial charge on any atom is -0.329 e. The highest BCUT2D eigenvalue weighted by Crippen LogP contribution is 2.38. The molecule has 0 aliphatic carbocycles. The normalized spacial score (nSPS) is 12.7. The fourth-order valence-electron chi connectivity index (χ4n) is 1.85. The van der Waals surface area contributed by atoms with Crippen molar-refractivity contribution >= 4 is 33.3 Å². The third-order valence-electron chi connectivity index (χ3n) is 2.81. The third-order valence-corrected chi connectivity index (χ3v) is 5.22. The molecular formula is C14H13N3S2. The van der Waals surface area contributed by atoms with E-state index in [4.69, 9.17) is 5.73 Å². The summed E-state index contributed by atoms with van der Waals surface area (Å²) in [5.74, 6) is 0. The number of aromatic nitrogens is 2. The van der Waals surface area contributed by atoms with Crippen LogP contribution >= 0.6 is 23.1 Å². The lowest BCUT2D eigenvalue weighted by atomic mass is 10.2. The quantitative estimate of drug-likeness (QED) is 0.746. The number of pyridine rings is 1. The molecule has 0 spiro atoms. The molecule has 3 nitrogen and oxygen atoms in total. The van der Waals surface area contributed by atoms with Gasteiger partial charge in [0.25, 0.3) is 0 Å². The van der Waals surface area contributed by atoms with E-state index in [1.165, 1.54) is 10.3 Å². The second-order valence-corrected chi connectivity index (χ2v) is 6.55. The zero-order valence-electron chi connectivity index (χ0n) is 10.2. The van der Waals surface area contributed by atoms with E-state index in [0.717, 1.165) is 9.86 Å². The summed E-state index contributed by atoms with van der Waals surface area (Å²) in [6, 6.07) is 12.2. The van der Waals surface area contributed by atoms with E-state index >= 15 is 0 Å². The third kappa shape index (κ3) is 2.78. The minimum absolute atomic E-state index is 0.226. The predicted octanol–water partition coefficient (Wildman–Crippen LogP) is 3.48. The molecule has 0 saturated heterocycles. The highest BCUT2D eigenvalue weighted by Gasteiger charge is 2.14. The topological polar surface area (TPSA) is 51.8 Å². The summed E-state index contributed by atoms with van der Waals surface area (Å²) in [5.41, 5.74) is 8.13. The highest BCUT2D eigenvalue weighted by atomic mass is 32.2. The maximum Gasteiger partial charge on any atom is 0.151 e. The molecule has 3 aromatic rings. The van der Waals surface area contributed by atoms with Gasteiger partial charge in [-0.05, 0) is 29.8 Å². The Labute approximate surface area is 119 Å². The number of benzene rings is 1. The molecule has 3 rings (SSSR count). The fraction of sp³-hybridized carbons (Fsp3) is 0.143. The molecule has 1 unspecified atom stereocenters. The molecule has 5 heteroatoms. The maximum absolute atomic E-state index is 5.88. The van der Waals surface area contributed by atoms with Gasteiger partial charge in [-0.25, -0.2) is 4.98 Å². The van der Waals surface area contributed by atoms with Crippen molar-refractivity contribution in [2.45, 2.75) is 9.59 Å². The molecule has 0 aliphatic rings. The second-order valence-electron chi connectivity index (χ2n) is 4.07. The van der Waals surface area contributed by atoms with Crippen LogP contribution in [0, 0.1) is 0 Å². The van der Waals surface area contributed by atoms with Gasteiger partial charge in [0.2, 0.25) is 0 Å². The van der Waals surface area contributed by atoms with Crippen LogP contribution in [-0.4, -0.2) is 16.5 Å². The summed E-state index contributed by atoms with van der Waals surface area (Å²) < 4.78 is 2.28. The van der Waals surface area contributed by atoms with Crippen LogP contribution in [0.15, 0.2) is 53.1 Å². The van der Waals surface area contributed by atoms with Crippen molar-refractivity contribution in [1.82, 2.24) is 9.97 Å². The molecule has 1 aromatic carbocycles. The number of thiazole rings is 1. The molecule has 0 amide bonds. The van der Waals surface area contributed by atoms with Crippen LogP contribution in [0.2, 0.25) is 0 Å². The first-order valence-electron chi connectivity index (χ1n) is 5.99. The Hall–Kier alpha value is -1.43. The van der Waals surface area contributed by atoms with E-state index in [-0.39, 0.29) is 5.25 Å². The average Bonchev–Trinajstić information content (AvgIpc) is 2.88. The van der Waals surface area contributed by atoms with Crippen LogP contribution in [-0.2, 0) is 0 Å². The van der Waals surface area contributed by atoms with E-state index < -0.39 is 0 Å². The molecule has 19 heavy (non-hydrogen) atoms. The van der Waals surface area contributed by atoms with Gasteiger partial charge >= 0.3 is 0 Å². The van der Waals surface area contributed by atoms with Crippen LogP contribution in [0.4, 0.5) is 0 Å². The van der Waals surface area contributed by atoms with Crippen molar-refractivity contribution in [3.8, 4) is 0 Å². The van der Waals surface area contributed by atoms with Crippen molar-refractivity contribution in [3.05, 3.63) is 54.4 Å². The van der Waals surface area contributed by atoms with Crippen molar-refractivity contribution in [2.75, 3.05) is 6.54 Å². The SMILES string of the molecule is NCC(Sc1nc2ccccc2s1)c1ccncc1. The molecule has 2 N–H and O–H groups in total. The standard InChI is InChI=1S/C14H13N3S2/c15-9-13(10-5-7-16-8-6-10)19-14-17-11-3-1-2-4-12(11)18-14/h1-8,13H,9,15H2. The molecular weight excluding hydrogens is 274 g/mol. The molecule has 0 fully saturated rings. The van der Waals surface area contributed by atoms with Crippen LogP contribution in [0.1, 0.15) is 10.8 Å². The van der Waals surface area contributed by atoms with Gasteiger partial charge in [-0.3, -0.25) is 4.98 Å².